The van der Waals surface area contributed by atoms with E-state index in [-0.39, 0.29) is 28.1 Å². The molecule has 0 aliphatic heterocycles. The monoisotopic (exact) mass is 603 g/mol. The summed E-state index contributed by atoms with van der Waals surface area (Å²) in [5.41, 5.74) is -11.8. The molecule has 0 spiro atoms. The maximum absolute atomic E-state index is 13.8. The Morgan fingerprint density at radius 3 is 2.45 bits per heavy atom. The predicted molar refractivity (Wildman–Crippen MR) is 154 cm³/mol. The first-order valence-electron chi connectivity index (χ1n) is 23.0. The summed E-state index contributed by atoms with van der Waals surface area (Å²) in [5.74, 6) is -0.888. The summed E-state index contributed by atoms with van der Waals surface area (Å²) in [6.45, 7) is -16.3. The molecule has 0 radical (unpaired) electrons. The van der Waals surface area contributed by atoms with E-state index in [0.29, 0.717) is 0 Å². The molecule has 0 fully saturated rings. The quantitative estimate of drug-likeness (QED) is 0.212. The number of aromatic nitrogens is 2. The van der Waals surface area contributed by atoms with E-state index in [9.17, 15) is 8.42 Å². The zero-order valence-electron chi connectivity index (χ0n) is 45.1. The van der Waals surface area contributed by atoms with Gasteiger partial charge in [-0.05, 0) is 71.5 Å². The summed E-state index contributed by atoms with van der Waals surface area (Å²) in [6.07, 6.45) is 0. The number of hydrogen-bond donors (Lipinski definition) is 2. The molecule has 2 N–H and O–H groups in total. The highest BCUT2D eigenvalue weighted by Gasteiger charge is 2.18. The molecule has 1 aromatic heterocycles. The molecule has 200 valence electrons. The standard InChI is InChI=1S/C29H33N3O4S2/c1-29(2,3)22-10-16-25(17-11-22)38(33,34)30-18-19-37-28-31-26(20-6-12-23(35-4)13-7-20)27(32-28)21-8-14-24(36-5)15-9-21/h6-17,30H,18-19H2,1-5H3,(H,31,32)/i1T3,2T3,3T3,4T3,6T,7T,8T,10T,11T,12T,13T,16T,17T,18T2,19T2/hT. The highest BCUT2D eigenvalue weighted by Crippen LogP contribution is 2.34. The number of rotatable bonds is 10. The van der Waals surface area contributed by atoms with Gasteiger partial charge in [0, 0.05) is 41.1 Å². The molecule has 3 aromatic carbocycles. The number of nitrogens with one attached hydrogen (secondary N) is 2. The van der Waals surface area contributed by atoms with Crippen LogP contribution >= 0.6 is 11.8 Å². The van der Waals surface area contributed by atoms with Crippen LogP contribution < -0.4 is 14.2 Å². The van der Waals surface area contributed by atoms with Crippen LogP contribution in [0.15, 0.2) is 82.6 Å². The lowest BCUT2D eigenvalue weighted by Crippen LogP contribution is -2.26. The van der Waals surface area contributed by atoms with Gasteiger partial charge in [0.25, 0.3) is 0 Å². The largest absolute Gasteiger partial charge is 0.497 e. The second-order valence-corrected chi connectivity index (χ2v) is 9.43. The molecule has 4 aromatic rings. The molecular weight excluding hydrogens is 518 g/mol. The van der Waals surface area contributed by atoms with E-state index >= 15 is 0 Å². The fourth-order valence-corrected chi connectivity index (χ4v) is 3.91. The molecular formula is C29H33N3O4S2. The van der Waals surface area contributed by atoms with Crippen molar-refractivity contribution in [2.24, 2.45) is 0 Å². The van der Waals surface area contributed by atoms with E-state index in [4.69, 9.17) is 40.4 Å². The number of imidazole rings is 1. The first-order chi connectivity index (χ1) is 28.6. The smallest absolute Gasteiger partial charge is 0.240 e. The van der Waals surface area contributed by atoms with Crippen LogP contribution in [0.4, 0.5) is 0 Å². The van der Waals surface area contributed by atoms with Crippen molar-refractivity contribution in [2.75, 3.05) is 26.3 Å². The topological polar surface area (TPSA) is 93.3 Å². The van der Waals surface area contributed by atoms with Gasteiger partial charge in [-0.1, -0.05) is 44.4 Å². The van der Waals surface area contributed by atoms with Crippen molar-refractivity contribution < 1.29 is 53.6 Å². The highest BCUT2D eigenvalue weighted by molar-refractivity contribution is 7.99. The van der Waals surface area contributed by atoms with Gasteiger partial charge in [-0.25, -0.2) is 18.1 Å². The van der Waals surface area contributed by atoms with Gasteiger partial charge in [0.1, 0.15) is 11.5 Å². The Morgan fingerprint density at radius 2 is 1.79 bits per heavy atom. The van der Waals surface area contributed by atoms with Crippen LogP contribution in [0.25, 0.3) is 22.5 Å². The van der Waals surface area contributed by atoms with Crippen molar-refractivity contribution in [1.29, 1.82) is 0 Å². The Labute approximate surface area is 265 Å². The summed E-state index contributed by atoms with van der Waals surface area (Å²) < 4.78 is 252. The number of sulfonamides is 1. The average molecular weight is 604 g/mol. The van der Waals surface area contributed by atoms with Crippen molar-refractivity contribution in [3.8, 4) is 34.0 Å². The summed E-state index contributed by atoms with van der Waals surface area (Å²) in [6, 6.07) is -7.97. The van der Waals surface area contributed by atoms with Gasteiger partial charge >= 0.3 is 0 Å². The Bertz CT molecular complexity index is 2520. The lowest BCUT2D eigenvalue weighted by molar-refractivity contribution is 0.414. The van der Waals surface area contributed by atoms with Gasteiger partial charge in [0.15, 0.2) is 6.57 Å². The molecule has 4 rings (SSSR count). The van der Waals surface area contributed by atoms with Crippen LogP contribution in [0.1, 0.15) is 60.4 Å². The van der Waals surface area contributed by atoms with E-state index in [1.807, 2.05) is 0 Å². The molecule has 0 aliphatic rings. The van der Waals surface area contributed by atoms with Crippen molar-refractivity contribution in [2.45, 2.75) is 36.0 Å². The van der Waals surface area contributed by atoms with Gasteiger partial charge in [0.05, 0.1) is 46.9 Å². The van der Waals surface area contributed by atoms with E-state index < -0.39 is 148 Å². The summed E-state index contributed by atoms with van der Waals surface area (Å²) >= 11 is -0.348. The zero-order chi connectivity index (χ0) is 49.6. The number of thioether (sulfide) groups is 1. The van der Waals surface area contributed by atoms with Crippen LogP contribution in [0.3, 0.4) is 0 Å². The molecule has 1 heterocycles. The SMILES string of the molecule is [3H]c1cc(OC)ccc1-c1nc(SC([3H])([3H])C([3H])([3H])NS(=O)(=O)c2c([3H])c([3H])c(C(C([3H])([3H])[3H])(C([3H])([3H])[3H])C([3H])([3H])[3H])c([3H])c2[3H])n([3H])c1-c1c([3H])c([3H])c(OC([3H])([3H])[3H])c([3H])c1[3H]. The third kappa shape index (κ3) is 6.59. The molecule has 9 heteroatoms. The highest BCUT2D eigenvalue weighted by atomic mass is 32.2. The van der Waals surface area contributed by atoms with Crippen LogP contribution in [0, 0.1) is 0 Å². The first kappa shape index (κ1) is 9.73. The van der Waals surface area contributed by atoms with E-state index in [1.165, 1.54) is 24.0 Å². The predicted octanol–water partition coefficient (Wildman–Crippen LogP) is 6.13. The molecule has 0 amide bonds. The second kappa shape index (κ2) is 11.6. The third-order valence-electron chi connectivity index (χ3n) is 4.48. The van der Waals surface area contributed by atoms with Crippen molar-refractivity contribution in [1.82, 2.24) is 14.7 Å². The van der Waals surface area contributed by atoms with E-state index in [0.717, 1.165) is 6.07 Å². The van der Waals surface area contributed by atoms with Gasteiger partial charge in [-0.2, -0.15) is 0 Å². The minimum atomic E-state index is -5.89. The summed E-state index contributed by atoms with van der Waals surface area (Å²) in [4.78, 5) is 2.52. The lowest BCUT2D eigenvalue weighted by atomic mass is 9.87. The Balaban J connectivity index is 1.94. The number of ether oxygens (including phenoxy) is 2. The lowest BCUT2D eigenvalue weighted by Gasteiger charge is -2.19. The molecule has 0 saturated carbocycles. The normalized spacial score (nSPS) is 23.9. The van der Waals surface area contributed by atoms with Crippen molar-refractivity contribution in [3.05, 3.63) is 78.1 Å². The minimum absolute atomic E-state index is 0.130. The molecule has 0 unspecified atom stereocenters. The third-order valence-corrected chi connectivity index (χ3v) is 6.16. The van der Waals surface area contributed by atoms with Gasteiger partial charge < -0.3 is 14.5 Å². The molecule has 0 bridgehead atoms. The first-order valence-corrected chi connectivity index (χ1v) is 12.4. The van der Waals surface area contributed by atoms with Crippen molar-refractivity contribution >= 4 is 21.8 Å². The maximum atomic E-state index is 13.8. The second-order valence-electron chi connectivity index (χ2n) is 7.04. The van der Waals surface area contributed by atoms with Gasteiger partial charge in [-0.15, -0.1) is 0 Å². The minimum Gasteiger partial charge on any atom is -0.497 e. The average Bonchev–Trinajstić information content (AvgIpc) is 3.41. The number of nitrogens with zero attached hydrogens (tertiary/aromatic N) is 1. The Hall–Kier alpha value is -3.27. The van der Waals surface area contributed by atoms with Crippen LogP contribution in [-0.2, 0) is 15.4 Å². The fraction of sp³-hybridized carbons (Fsp3) is 0.276. The number of benzene rings is 3. The number of hydrogen-bond acceptors (Lipinski definition) is 6. The Kier molecular flexibility index (Phi) is 2.98. The van der Waals surface area contributed by atoms with E-state index in [1.54, 1.807) is 0 Å². The number of methoxy groups -OCH3 is 2. The van der Waals surface area contributed by atoms with Gasteiger partial charge in [0.2, 0.25) is 10.0 Å². The van der Waals surface area contributed by atoms with Crippen LogP contribution in [0.5, 0.6) is 11.5 Å². The Morgan fingerprint density at radius 1 is 1.03 bits per heavy atom. The van der Waals surface area contributed by atoms with Crippen LogP contribution in [0.2, 0.25) is 1.41 Å². The number of aromatic amines is 1. The van der Waals surface area contributed by atoms with Crippen molar-refractivity contribution in [3.63, 3.8) is 0 Å². The molecule has 0 saturated heterocycles. The molecule has 0 aliphatic carbocycles. The molecule has 7 nitrogen and oxygen atoms in total. The molecule has 38 heavy (non-hydrogen) atoms. The maximum Gasteiger partial charge on any atom is 0.240 e. The summed E-state index contributed by atoms with van der Waals surface area (Å²) in [7, 11) is -7.87. The number of H-pyrrole nitrogens is 1. The van der Waals surface area contributed by atoms with Gasteiger partial charge in [-0.3, -0.25) is 0 Å². The zero-order valence-corrected chi connectivity index (χ0v) is 20.7. The molecule has 0 atom stereocenters. The summed E-state index contributed by atoms with van der Waals surface area (Å²) in [5, 5.41) is -0.920. The fourth-order valence-electron chi connectivity index (χ4n) is 2.72. The van der Waals surface area contributed by atoms with Crippen LogP contribution in [-0.4, -0.2) is 44.7 Å². The van der Waals surface area contributed by atoms with E-state index in [2.05, 4.69) is 9.72 Å².